The van der Waals surface area contributed by atoms with Crippen LogP contribution in [-0.4, -0.2) is 18.6 Å². The standard InChI is InChI=1S/C16H25FN2/c1-4-10-19(14-8-9-14)16-13(11-18-12(2)3)6-5-7-15(16)17/h5-7,12,14,18H,4,8-11H2,1-3H3. The highest BCUT2D eigenvalue weighted by molar-refractivity contribution is 5.56. The summed E-state index contributed by atoms with van der Waals surface area (Å²) in [5, 5.41) is 3.39. The van der Waals surface area contributed by atoms with Gasteiger partial charge in [-0.25, -0.2) is 4.39 Å². The lowest BCUT2D eigenvalue weighted by Crippen LogP contribution is -2.30. The molecule has 1 aromatic rings. The number of anilines is 1. The van der Waals surface area contributed by atoms with Gasteiger partial charge in [-0.05, 0) is 30.9 Å². The number of rotatable bonds is 7. The molecule has 1 fully saturated rings. The Labute approximate surface area is 116 Å². The molecule has 1 aromatic carbocycles. The van der Waals surface area contributed by atoms with Crippen molar-refractivity contribution in [3.05, 3.63) is 29.6 Å². The van der Waals surface area contributed by atoms with Crippen LogP contribution in [0.3, 0.4) is 0 Å². The van der Waals surface area contributed by atoms with E-state index in [2.05, 4.69) is 31.0 Å². The lowest BCUT2D eigenvalue weighted by Gasteiger charge is -2.27. The smallest absolute Gasteiger partial charge is 0.146 e. The molecule has 1 N–H and O–H groups in total. The zero-order chi connectivity index (χ0) is 13.8. The molecule has 0 spiro atoms. The van der Waals surface area contributed by atoms with Crippen molar-refractivity contribution in [2.24, 2.45) is 0 Å². The van der Waals surface area contributed by atoms with Crippen LogP contribution in [0.4, 0.5) is 10.1 Å². The fourth-order valence-electron chi connectivity index (χ4n) is 2.44. The number of halogens is 1. The summed E-state index contributed by atoms with van der Waals surface area (Å²) >= 11 is 0. The number of benzene rings is 1. The molecule has 106 valence electrons. The normalized spacial score (nSPS) is 15.0. The maximum Gasteiger partial charge on any atom is 0.146 e. The zero-order valence-electron chi connectivity index (χ0n) is 12.2. The fraction of sp³-hybridized carbons (Fsp3) is 0.625. The van der Waals surface area contributed by atoms with E-state index in [1.807, 2.05) is 12.1 Å². The monoisotopic (exact) mass is 264 g/mol. The quantitative estimate of drug-likeness (QED) is 0.807. The molecule has 1 saturated carbocycles. The lowest BCUT2D eigenvalue weighted by atomic mass is 10.1. The van der Waals surface area contributed by atoms with Crippen molar-refractivity contribution in [1.29, 1.82) is 0 Å². The minimum Gasteiger partial charge on any atom is -0.366 e. The van der Waals surface area contributed by atoms with Crippen LogP contribution < -0.4 is 10.2 Å². The van der Waals surface area contributed by atoms with Crippen molar-refractivity contribution >= 4 is 5.69 Å². The second-order valence-electron chi connectivity index (χ2n) is 5.71. The summed E-state index contributed by atoms with van der Waals surface area (Å²) in [6, 6.07) is 6.40. The molecule has 0 heterocycles. The molecule has 1 aliphatic carbocycles. The highest BCUT2D eigenvalue weighted by atomic mass is 19.1. The van der Waals surface area contributed by atoms with E-state index in [9.17, 15) is 4.39 Å². The van der Waals surface area contributed by atoms with Crippen molar-refractivity contribution in [2.75, 3.05) is 11.4 Å². The van der Waals surface area contributed by atoms with Gasteiger partial charge in [0.1, 0.15) is 5.82 Å². The third kappa shape index (κ3) is 3.69. The van der Waals surface area contributed by atoms with Crippen LogP contribution in [0.25, 0.3) is 0 Å². The molecule has 19 heavy (non-hydrogen) atoms. The van der Waals surface area contributed by atoms with E-state index in [0.29, 0.717) is 12.1 Å². The Hall–Kier alpha value is -1.09. The average molecular weight is 264 g/mol. The van der Waals surface area contributed by atoms with Gasteiger partial charge in [0.2, 0.25) is 0 Å². The molecule has 2 rings (SSSR count). The Morgan fingerprint density at radius 2 is 2.11 bits per heavy atom. The largest absolute Gasteiger partial charge is 0.366 e. The number of nitrogens with zero attached hydrogens (tertiary/aromatic N) is 1. The van der Waals surface area contributed by atoms with Gasteiger partial charge in [0.15, 0.2) is 0 Å². The average Bonchev–Trinajstić information content (AvgIpc) is 3.18. The highest BCUT2D eigenvalue weighted by Crippen LogP contribution is 2.35. The van der Waals surface area contributed by atoms with Crippen molar-refractivity contribution in [1.82, 2.24) is 5.32 Å². The molecule has 2 nitrogen and oxygen atoms in total. The second kappa shape index (κ2) is 6.38. The molecular formula is C16H25FN2. The predicted octanol–water partition coefficient (Wildman–Crippen LogP) is 3.70. The van der Waals surface area contributed by atoms with Gasteiger partial charge >= 0.3 is 0 Å². The van der Waals surface area contributed by atoms with Crippen LogP contribution in [0.15, 0.2) is 18.2 Å². The van der Waals surface area contributed by atoms with E-state index < -0.39 is 0 Å². The van der Waals surface area contributed by atoms with Gasteiger partial charge in [0.05, 0.1) is 5.69 Å². The van der Waals surface area contributed by atoms with E-state index in [4.69, 9.17) is 0 Å². The lowest BCUT2D eigenvalue weighted by molar-refractivity contribution is 0.576. The maximum absolute atomic E-state index is 14.3. The summed E-state index contributed by atoms with van der Waals surface area (Å²) in [6.07, 6.45) is 3.46. The van der Waals surface area contributed by atoms with Crippen LogP contribution in [0.2, 0.25) is 0 Å². The Morgan fingerprint density at radius 3 is 2.68 bits per heavy atom. The number of nitrogens with one attached hydrogen (secondary N) is 1. The van der Waals surface area contributed by atoms with Crippen LogP contribution >= 0.6 is 0 Å². The molecule has 0 saturated heterocycles. The van der Waals surface area contributed by atoms with Gasteiger partial charge in [-0.1, -0.05) is 32.9 Å². The van der Waals surface area contributed by atoms with Gasteiger partial charge < -0.3 is 10.2 Å². The number of hydrogen-bond donors (Lipinski definition) is 1. The Balaban J connectivity index is 2.24. The molecule has 0 aliphatic heterocycles. The van der Waals surface area contributed by atoms with E-state index in [-0.39, 0.29) is 5.82 Å². The minimum absolute atomic E-state index is 0.0802. The van der Waals surface area contributed by atoms with Crippen LogP contribution in [0.5, 0.6) is 0 Å². The first-order valence-corrected chi connectivity index (χ1v) is 7.41. The second-order valence-corrected chi connectivity index (χ2v) is 5.71. The molecule has 0 atom stereocenters. The molecule has 3 heteroatoms. The van der Waals surface area contributed by atoms with Gasteiger partial charge in [0, 0.05) is 25.2 Å². The first kappa shape index (κ1) is 14.3. The van der Waals surface area contributed by atoms with Gasteiger partial charge in [-0.3, -0.25) is 0 Å². The highest BCUT2D eigenvalue weighted by Gasteiger charge is 2.31. The first-order chi connectivity index (χ1) is 9.13. The summed E-state index contributed by atoms with van der Waals surface area (Å²) in [5.41, 5.74) is 1.90. The summed E-state index contributed by atoms with van der Waals surface area (Å²) in [4.78, 5) is 2.27. The molecule has 0 bridgehead atoms. The molecule has 1 aliphatic rings. The maximum atomic E-state index is 14.3. The van der Waals surface area contributed by atoms with E-state index in [1.165, 1.54) is 12.8 Å². The SMILES string of the molecule is CCCN(c1c(F)cccc1CNC(C)C)C1CC1. The third-order valence-electron chi connectivity index (χ3n) is 3.51. The molecule has 0 radical (unpaired) electrons. The molecular weight excluding hydrogens is 239 g/mol. The predicted molar refractivity (Wildman–Crippen MR) is 79.0 cm³/mol. The summed E-state index contributed by atoms with van der Waals surface area (Å²) in [7, 11) is 0. The van der Waals surface area contributed by atoms with Gasteiger partial charge in [-0.2, -0.15) is 0 Å². The van der Waals surface area contributed by atoms with Crippen molar-refractivity contribution in [3.8, 4) is 0 Å². The number of para-hydroxylation sites is 1. The van der Waals surface area contributed by atoms with Gasteiger partial charge in [-0.15, -0.1) is 0 Å². The molecule has 0 unspecified atom stereocenters. The van der Waals surface area contributed by atoms with E-state index in [0.717, 1.165) is 30.8 Å². The fourth-order valence-corrected chi connectivity index (χ4v) is 2.44. The number of hydrogen-bond acceptors (Lipinski definition) is 2. The molecule has 0 aromatic heterocycles. The Bertz CT molecular complexity index is 413. The van der Waals surface area contributed by atoms with Crippen LogP contribution in [0, 0.1) is 5.82 Å². The van der Waals surface area contributed by atoms with E-state index in [1.54, 1.807) is 6.07 Å². The van der Waals surface area contributed by atoms with Crippen LogP contribution in [-0.2, 0) is 6.54 Å². The van der Waals surface area contributed by atoms with Crippen molar-refractivity contribution in [2.45, 2.75) is 58.7 Å². The van der Waals surface area contributed by atoms with Gasteiger partial charge in [0.25, 0.3) is 0 Å². The molecule has 0 amide bonds. The first-order valence-electron chi connectivity index (χ1n) is 7.41. The Morgan fingerprint density at radius 1 is 1.37 bits per heavy atom. The van der Waals surface area contributed by atoms with Crippen molar-refractivity contribution < 1.29 is 4.39 Å². The summed E-state index contributed by atoms with van der Waals surface area (Å²) in [5.74, 6) is -0.0802. The Kier molecular flexibility index (Phi) is 4.81. The van der Waals surface area contributed by atoms with Crippen LogP contribution in [0.1, 0.15) is 45.6 Å². The minimum atomic E-state index is -0.0802. The summed E-state index contributed by atoms with van der Waals surface area (Å²) < 4.78 is 14.3. The topological polar surface area (TPSA) is 15.3 Å². The van der Waals surface area contributed by atoms with Crippen molar-refractivity contribution in [3.63, 3.8) is 0 Å². The summed E-state index contributed by atoms with van der Waals surface area (Å²) in [6.45, 7) is 8.06. The zero-order valence-corrected chi connectivity index (χ0v) is 12.2. The third-order valence-corrected chi connectivity index (χ3v) is 3.51. The van der Waals surface area contributed by atoms with E-state index >= 15 is 0 Å².